The van der Waals surface area contributed by atoms with Gasteiger partial charge < -0.3 is 5.32 Å². The zero-order chi connectivity index (χ0) is 17.6. The Kier molecular flexibility index (Phi) is 4.10. The summed E-state index contributed by atoms with van der Waals surface area (Å²) < 4.78 is 14.9. The van der Waals surface area contributed by atoms with Crippen molar-refractivity contribution in [2.24, 2.45) is 17.8 Å². The average Bonchev–Trinajstić information content (AvgIpc) is 3.27. The SMILES string of the molecule is Cc1nn(-c2ccc(F)cc2)c(C)c1CNC(=O)C1[C@H]2CCCC[C@@H]12. The number of carbonyl (C=O) groups is 1. The number of benzene rings is 1. The summed E-state index contributed by atoms with van der Waals surface area (Å²) in [6, 6.07) is 6.29. The number of fused-ring (bicyclic) bond motifs is 1. The molecule has 1 unspecified atom stereocenters. The van der Waals surface area contributed by atoms with E-state index in [4.69, 9.17) is 0 Å². The molecule has 2 aliphatic carbocycles. The van der Waals surface area contributed by atoms with Crippen LogP contribution in [-0.4, -0.2) is 15.7 Å². The predicted molar refractivity (Wildman–Crippen MR) is 93.8 cm³/mol. The monoisotopic (exact) mass is 341 g/mol. The minimum absolute atomic E-state index is 0.199. The van der Waals surface area contributed by atoms with E-state index in [-0.39, 0.29) is 17.6 Å². The van der Waals surface area contributed by atoms with Crippen LogP contribution in [0.3, 0.4) is 0 Å². The van der Waals surface area contributed by atoms with Crippen LogP contribution in [0.15, 0.2) is 24.3 Å². The molecule has 132 valence electrons. The van der Waals surface area contributed by atoms with Gasteiger partial charge >= 0.3 is 0 Å². The zero-order valence-electron chi connectivity index (χ0n) is 14.8. The predicted octanol–water partition coefficient (Wildman–Crippen LogP) is 3.68. The van der Waals surface area contributed by atoms with Crippen molar-refractivity contribution < 1.29 is 9.18 Å². The number of amides is 1. The minimum Gasteiger partial charge on any atom is -0.352 e. The van der Waals surface area contributed by atoms with Crippen LogP contribution in [0.4, 0.5) is 4.39 Å². The van der Waals surface area contributed by atoms with Gasteiger partial charge in [-0.05, 0) is 62.8 Å². The lowest BCUT2D eigenvalue weighted by Gasteiger charge is -2.07. The maximum atomic E-state index is 13.1. The number of aromatic nitrogens is 2. The second-order valence-corrected chi connectivity index (χ2v) is 7.39. The van der Waals surface area contributed by atoms with Gasteiger partial charge in [0.25, 0.3) is 0 Å². The maximum absolute atomic E-state index is 13.1. The van der Waals surface area contributed by atoms with Crippen molar-refractivity contribution in [2.75, 3.05) is 0 Å². The van der Waals surface area contributed by atoms with Crippen molar-refractivity contribution in [3.05, 3.63) is 47.0 Å². The first-order valence-corrected chi connectivity index (χ1v) is 9.15. The van der Waals surface area contributed by atoms with Crippen molar-refractivity contribution in [1.82, 2.24) is 15.1 Å². The molecule has 1 N–H and O–H groups in total. The Morgan fingerprint density at radius 1 is 1.20 bits per heavy atom. The van der Waals surface area contributed by atoms with E-state index in [9.17, 15) is 9.18 Å². The summed E-state index contributed by atoms with van der Waals surface area (Å²) in [5.74, 6) is 1.42. The van der Waals surface area contributed by atoms with Crippen LogP contribution < -0.4 is 5.32 Å². The Labute approximate surface area is 147 Å². The summed E-state index contributed by atoms with van der Waals surface area (Å²) in [6.07, 6.45) is 4.97. The van der Waals surface area contributed by atoms with Gasteiger partial charge in [0, 0.05) is 23.7 Å². The van der Waals surface area contributed by atoms with E-state index in [2.05, 4.69) is 10.4 Å². The third-order valence-corrected chi connectivity index (χ3v) is 5.91. The highest BCUT2D eigenvalue weighted by atomic mass is 19.1. The normalized spacial score (nSPS) is 24.7. The summed E-state index contributed by atoms with van der Waals surface area (Å²) in [7, 11) is 0. The van der Waals surface area contributed by atoms with E-state index in [1.54, 1.807) is 12.1 Å². The van der Waals surface area contributed by atoms with Gasteiger partial charge in [-0.15, -0.1) is 0 Å². The van der Waals surface area contributed by atoms with Crippen molar-refractivity contribution in [1.29, 1.82) is 0 Å². The summed E-state index contributed by atoms with van der Waals surface area (Å²) in [6.45, 7) is 4.45. The average molecular weight is 341 g/mol. The molecule has 2 aromatic rings. The van der Waals surface area contributed by atoms with Crippen LogP contribution >= 0.6 is 0 Å². The third-order valence-electron chi connectivity index (χ3n) is 5.91. The van der Waals surface area contributed by atoms with E-state index < -0.39 is 0 Å². The molecular formula is C20H24FN3O. The molecule has 4 nitrogen and oxygen atoms in total. The molecule has 4 rings (SSSR count). The topological polar surface area (TPSA) is 46.9 Å². The fourth-order valence-electron chi connectivity index (χ4n) is 4.44. The fourth-order valence-corrected chi connectivity index (χ4v) is 4.44. The molecule has 2 saturated carbocycles. The smallest absolute Gasteiger partial charge is 0.223 e. The number of hydrogen-bond acceptors (Lipinski definition) is 2. The molecule has 1 aromatic heterocycles. The molecule has 3 atom stereocenters. The lowest BCUT2D eigenvalue weighted by Crippen LogP contribution is -2.26. The van der Waals surface area contributed by atoms with Gasteiger partial charge in [0.1, 0.15) is 5.82 Å². The molecule has 0 bridgehead atoms. The standard InChI is InChI=1S/C20H24FN3O/c1-12-18(11-22-20(25)19-16-5-3-4-6-17(16)19)13(2)24(23-12)15-9-7-14(21)8-10-15/h7-10,16-17,19H,3-6,11H2,1-2H3,(H,22,25)/t16-,17+,19?. The molecule has 0 spiro atoms. The van der Waals surface area contributed by atoms with E-state index in [0.717, 1.165) is 22.6 Å². The molecule has 1 amide bonds. The number of halogens is 1. The molecule has 25 heavy (non-hydrogen) atoms. The number of aryl methyl sites for hydroxylation is 1. The highest BCUT2D eigenvalue weighted by Gasteiger charge is 2.54. The second-order valence-electron chi connectivity index (χ2n) is 7.39. The van der Waals surface area contributed by atoms with E-state index in [0.29, 0.717) is 18.4 Å². The molecule has 2 aliphatic rings. The first-order valence-electron chi connectivity index (χ1n) is 9.15. The molecular weight excluding hydrogens is 317 g/mol. The van der Waals surface area contributed by atoms with Gasteiger partial charge in [-0.3, -0.25) is 4.79 Å². The Bertz CT molecular complexity index is 784. The second kappa shape index (κ2) is 6.28. The lowest BCUT2D eigenvalue weighted by molar-refractivity contribution is -0.123. The summed E-state index contributed by atoms with van der Waals surface area (Å²) in [5.41, 5.74) is 3.75. The van der Waals surface area contributed by atoms with Gasteiger partial charge in [-0.1, -0.05) is 12.8 Å². The first kappa shape index (κ1) is 16.3. The fraction of sp³-hybridized carbons (Fsp3) is 0.500. The first-order chi connectivity index (χ1) is 12.1. The quantitative estimate of drug-likeness (QED) is 0.922. The van der Waals surface area contributed by atoms with Gasteiger partial charge in [-0.25, -0.2) is 9.07 Å². The van der Waals surface area contributed by atoms with E-state index >= 15 is 0 Å². The number of rotatable bonds is 4. The Balaban J connectivity index is 1.46. The summed E-state index contributed by atoms with van der Waals surface area (Å²) in [4.78, 5) is 12.5. The number of carbonyl (C=O) groups excluding carboxylic acids is 1. The Morgan fingerprint density at radius 2 is 1.84 bits per heavy atom. The van der Waals surface area contributed by atoms with Gasteiger partial charge in [0.2, 0.25) is 5.91 Å². The lowest BCUT2D eigenvalue weighted by atomic mass is 10.0. The summed E-state index contributed by atoms with van der Waals surface area (Å²) in [5, 5.41) is 7.68. The third kappa shape index (κ3) is 2.96. The number of nitrogens with zero attached hydrogens (tertiary/aromatic N) is 2. The van der Waals surface area contributed by atoms with Crippen LogP contribution in [0, 0.1) is 37.4 Å². The van der Waals surface area contributed by atoms with Crippen LogP contribution in [0.1, 0.15) is 42.6 Å². The molecule has 2 fully saturated rings. The summed E-state index contributed by atoms with van der Waals surface area (Å²) >= 11 is 0. The molecule has 5 heteroatoms. The molecule has 1 heterocycles. The van der Waals surface area contributed by atoms with E-state index in [1.165, 1.54) is 37.8 Å². The van der Waals surface area contributed by atoms with Crippen LogP contribution in [-0.2, 0) is 11.3 Å². The Morgan fingerprint density at radius 3 is 2.48 bits per heavy atom. The van der Waals surface area contributed by atoms with Crippen LogP contribution in [0.25, 0.3) is 5.69 Å². The van der Waals surface area contributed by atoms with E-state index in [1.807, 2.05) is 18.5 Å². The van der Waals surface area contributed by atoms with Crippen molar-refractivity contribution in [3.8, 4) is 5.69 Å². The molecule has 1 aromatic carbocycles. The van der Waals surface area contributed by atoms with Crippen molar-refractivity contribution in [2.45, 2.75) is 46.1 Å². The molecule has 0 radical (unpaired) electrons. The minimum atomic E-state index is -0.260. The zero-order valence-corrected chi connectivity index (χ0v) is 14.8. The number of hydrogen-bond donors (Lipinski definition) is 1. The van der Waals surface area contributed by atoms with Gasteiger partial charge in [-0.2, -0.15) is 5.10 Å². The largest absolute Gasteiger partial charge is 0.352 e. The van der Waals surface area contributed by atoms with Crippen LogP contribution in [0.2, 0.25) is 0 Å². The Hall–Kier alpha value is -2.17. The maximum Gasteiger partial charge on any atom is 0.223 e. The molecule has 0 saturated heterocycles. The van der Waals surface area contributed by atoms with Crippen molar-refractivity contribution >= 4 is 5.91 Å². The highest BCUT2D eigenvalue weighted by Crippen LogP contribution is 2.55. The number of nitrogens with one attached hydrogen (secondary N) is 1. The highest BCUT2D eigenvalue weighted by molar-refractivity contribution is 5.82. The van der Waals surface area contributed by atoms with Crippen molar-refractivity contribution in [3.63, 3.8) is 0 Å². The van der Waals surface area contributed by atoms with Crippen LogP contribution in [0.5, 0.6) is 0 Å². The molecule has 0 aliphatic heterocycles. The van der Waals surface area contributed by atoms with Gasteiger partial charge in [0.05, 0.1) is 11.4 Å². The van der Waals surface area contributed by atoms with Gasteiger partial charge in [0.15, 0.2) is 0 Å².